The minimum Gasteiger partial charge on any atom is -0.460 e. The number of para-hydroxylation sites is 1. The zero-order valence-corrected chi connectivity index (χ0v) is 14.8. The number of carbonyl (C=O) groups is 1. The van der Waals surface area contributed by atoms with Gasteiger partial charge in [0.15, 0.2) is 5.13 Å². The molecule has 4 rings (SSSR count). The van der Waals surface area contributed by atoms with Gasteiger partial charge in [-0.25, -0.2) is 4.98 Å². The average Bonchev–Trinajstić information content (AvgIpc) is 3.29. The number of carbonyl (C=O) groups excluding carboxylic acids is 1. The van der Waals surface area contributed by atoms with Crippen molar-refractivity contribution >= 4 is 28.1 Å². The Morgan fingerprint density at radius 2 is 2.15 bits per heavy atom. The fourth-order valence-corrected chi connectivity index (χ4v) is 4.13. The van der Waals surface area contributed by atoms with Crippen LogP contribution < -0.4 is 5.32 Å². The monoisotopic (exact) mass is 369 g/mol. The summed E-state index contributed by atoms with van der Waals surface area (Å²) in [5, 5.41) is 14.6. The van der Waals surface area contributed by atoms with Crippen LogP contribution in [-0.2, 0) is 12.8 Å². The molecule has 132 valence electrons. The van der Waals surface area contributed by atoms with Crippen LogP contribution in [0.1, 0.15) is 33.1 Å². The molecule has 3 aromatic rings. The van der Waals surface area contributed by atoms with Gasteiger partial charge < -0.3 is 4.42 Å². The Morgan fingerprint density at radius 3 is 2.92 bits per heavy atom. The van der Waals surface area contributed by atoms with Gasteiger partial charge in [-0.05, 0) is 38.3 Å². The van der Waals surface area contributed by atoms with Crippen LogP contribution in [0.2, 0.25) is 0 Å². The largest absolute Gasteiger partial charge is 0.460 e. The number of thiazole rings is 1. The third-order valence-corrected chi connectivity index (χ3v) is 5.42. The number of fused-ring (bicyclic) bond motifs is 1. The number of furan rings is 1. The van der Waals surface area contributed by atoms with Gasteiger partial charge in [-0.1, -0.05) is 12.1 Å². The first-order valence-corrected chi connectivity index (χ1v) is 8.98. The second-order valence-electron chi connectivity index (χ2n) is 6.05. The molecule has 2 heterocycles. The van der Waals surface area contributed by atoms with Gasteiger partial charge >= 0.3 is 0 Å². The number of hydrogen-bond acceptors (Lipinski definition) is 6. The Labute approximate surface area is 152 Å². The summed E-state index contributed by atoms with van der Waals surface area (Å²) < 4.78 is 5.63. The van der Waals surface area contributed by atoms with Crippen molar-refractivity contribution in [3.05, 3.63) is 62.3 Å². The van der Waals surface area contributed by atoms with E-state index in [2.05, 4.69) is 10.3 Å². The number of rotatable bonds is 4. The van der Waals surface area contributed by atoms with E-state index >= 15 is 0 Å². The molecular weight excluding hydrogens is 354 g/mol. The summed E-state index contributed by atoms with van der Waals surface area (Å²) >= 11 is 1.50. The van der Waals surface area contributed by atoms with Crippen LogP contribution in [0.4, 0.5) is 10.8 Å². The molecule has 0 spiro atoms. The van der Waals surface area contributed by atoms with Crippen LogP contribution in [0.3, 0.4) is 0 Å². The molecule has 1 aromatic carbocycles. The fraction of sp³-hybridized carbons (Fsp3) is 0.222. The first-order chi connectivity index (χ1) is 12.5. The quantitative estimate of drug-likeness (QED) is 0.544. The Morgan fingerprint density at radius 1 is 1.35 bits per heavy atom. The van der Waals surface area contributed by atoms with Crippen molar-refractivity contribution in [1.29, 1.82) is 0 Å². The number of amides is 1. The molecule has 0 atom stereocenters. The van der Waals surface area contributed by atoms with Crippen LogP contribution in [0, 0.1) is 17.0 Å². The highest BCUT2D eigenvalue weighted by Crippen LogP contribution is 2.34. The Kier molecular flexibility index (Phi) is 4.04. The lowest BCUT2D eigenvalue weighted by Crippen LogP contribution is -2.12. The van der Waals surface area contributed by atoms with Crippen LogP contribution in [-0.4, -0.2) is 15.8 Å². The van der Waals surface area contributed by atoms with Gasteiger partial charge in [-0.15, -0.1) is 11.3 Å². The van der Waals surface area contributed by atoms with Crippen LogP contribution in [0.15, 0.2) is 34.7 Å². The molecule has 0 saturated heterocycles. The minimum absolute atomic E-state index is 0.0652. The summed E-state index contributed by atoms with van der Waals surface area (Å²) in [6, 6.07) is 7.82. The summed E-state index contributed by atoms with van der Waals surface area (Å²) in [7, 11) is 0. The van der Waals surface area contributed by atoms with Crippen molar-refractivity contribution in [2.75, 3.05) is 5.32 Å². The summed E-state index contributed by atoms with van der Waals surface area (Å²) in [6.07, 6.45) is 3.08. The molecule has 0 unspecified atom stereocenters. The molecule has 2 aromatic heterocycles. The summed E-state index contributed by atoms with van der Waals surface area (Å²) in [6.45, 7) is 1.66. The van der Waals surface area contributed by atoms with E-state index in [0.29, 0.717) is 27.8 Å². The molecule has 1 aliphatic carbocycles. The van der Waals surface area contributed by atoms with Gasteiger partial charge in [-0.2, -0.15) is 0 Å². The predicted molar refractivity (Wildman–Crippen MR) is 97.6 cm³/mol. The molecule has 7 nitrogen and oxygen atoms in total. The van der Waals surface area contributed by atoms with E-state index in [0.717, 1.165) is 25.0 Å². The molecular formula is C18H15N3O4S. The molecule has 0 saturated carbocycles. The third-order valence-electron chi connectivity index (χ3n) is 4.34. The number of nitro benzene ring substituents is 1. The van der Waals surface area contributed by atoms with E-state index in [1.54, 1.807) is 25.1 Å². The zero-order chi connectivity index (χ0) is 18.3. The summed E-state index contributed by atoms with van der Waals surface area (Å²) in [5.74, 6) is 0.366. The molecule has 1 amide bonds. The smallest absolute Gasteiger partial charge is 0.280 e. The maximum atomic E-state index is 12.6. The number of nitrogens with one attached hydrogen (secondary N) is 1. The SMILES string of the molecule is Cc1oc(-c2ccccc2[N+](=O)[O-])cc1C(=O)Nc1nc2c(s1)CCC2. The Bertz CT molecular complexity index is 1000. The van der Waals surface area contributed by atoms with Crippen LogP contribution in [0.25, 0.3) is 11.3 Å². The maximum absolute atomic E-state index is 12.6. The number of aryl methyl sites for hydroxylation is 3. The highest BCUT2D eigenvalue weighted by molar-refractivity contribution is 7.16. The van der Waals surface area contributed by atoms with Gasteiger partial charge in [0, 0.05) is 10.9 Å². The number of nitrogens with zero attached hydrogens (tertiary/aromatic N) is 2. The number of benzene rings is 1. The second-order valence-corrected chi connectivity index (χ2v) is 7.13. The van der Waals surface area contributed by atoms with Gasteiger partial charge in [0.05, 0.1) is 21.7 Å². The molecule has 0 aliphatic heterocycles. The topological polar surface area (TPSA) is 98.3 Å². The molecule has 0 radical (unpaired) electrons. The first-order valence-electron chi connectivity index (χ1n) is 8.17. The molecule has 1 N–H and O–H groups in total. The van der Waals surface area contributed by atoms with E-state index in [9.17, 15) is 14.9 Å². The number of nitro groups is 1. The van der Waals surface area contributed by atoms with E-state index in [1.165, 1.54) is 28.3 Å². The minimum atomic E-state index is -0.468. The standard InChI is InChI=1S/C18H15N3O4S/c1-10-12(17(22)20-18-19-13-6-4-8-16(13)26-18)9-15(25-10)11-5-2-3-7-14(11)21(23)24/h2-3,5,7,9H,4,6,8H2,1H3,(H,19,20,22). The Hall–Kier alpha value is -3.00. The number of anilines is 1. The van der Waals surface area contributed by atoms with Gasteiger partial charge in [0.1, 0.15) is 11.5 Å². The van der Waals surface area contributed by atoms with Gasteiger partial charge in [-0.3, -0.25) is 20.2 Å². The lowest BCUT2D eigenvalue weighted by Gasteiger charge is -1.99. The van der Waals surface area contributed by atoms with Crippen molar-refractivity contribution in [2.24, 2.45) is 0 Å². The van der Waals surface area contributed by atoms with Gasteiger partial charge in [0.2, 0.25) is 0 Å². The Balaban J connectivity index is 1.62. The normalized spacial score (nSPS) is 12.8. The number of aromatic nitrogens is 1. The average molecular weight is 369 g/mol. The number of hydrogen-bond donors (Lipinski definition) is 1. The van der Waals surface area contributed by atoms with Crippen molar-refractivity contribution in [1.82, 2.24) is 4.98 Å². The lowest BCUT2D eigenvalue weighted by molar-refractivity contribution is -0.384. The van der Waals surface area contributed by atoms with Crippen LogP contribution >= 0.6 is 11.3 Å². The third kappa shape index (κ3) is 2.88. The first kappa shape index (κ1) is 16.5. The lowest BCUT2D eigenvalue weighted by atomic mass is 10.1. The van der Waals surface area contributed by atoms with Gasteiger partial charge in [0.25, 0.3) is 11.6 Å². The highest BCUT2D eigenvalue weighted by atomic mass is 32.1. The van der Waals surface area contributed by atoms with E-state index < -0.39 is 4.92 Å². The van der Waals surface area contributed by atoms with Crippen molar-refractivity contribution in [3.8, 4) is 11.3 Å². The van der Waals surface area contributed by atoms with Crippen molar-refractivity contribution in [2.45, 2.75) is 26.2 Å². The molecule has 1 aliphatic rings. The van der Waals surface area contributed by atoms with E-state index in [4.69, 9.17) is 4.42 Å². The maximum Gasteiger partial charge on any atom is 0.280 e. The predicted octanol–water partition coefficient (Wildman–Crippen LogP) is 4.36. The van der Waals surface area contributed by atoms with E-state index in [-0.39, 0.29) is 11.6 Å². The fourth-order valence-electron chi connectivity index (χ4n) is 3.09. The summed E-state index contributed by atoms with van der Waals surface area (Å²) in [5.41, 5.74) is 1.68. The zero-order valence-electron chi connectivity index (χ0n) is 13.9. The molecule has 26 heavy (non-hydrogen) atoms. The molecule has 8 heteroatoms. The van der Waals surface area contributed by atoms with Crippen molar-refractivity contribution < 1.29 is 14.1 Å². The van der Waals surface area contributed by atoms with Crippen molar-refractivity contribution in [3.63, 3.8) is 0 Å². The molecule has 0 fully saturated rings. The van der Waals surface area contributed by atoms with Crippen LogP contribution in [0.5, 0.6) is 0 Å². The highest BCUT2D eigenvalue weighted by Gasteiger charge is 2.23. The second kappa shape index (κ2) is 6.38. The van der Waals surface area contributed by atoms with E-state index in [1.807, 2.05) is 0 Å². The summed E-state index contributed by atoms with van der Waals surface area (Å²) in [4.78, 5) is 29.0. The molecule has 0 bridgehead atoms.